The van der Waals surface area contributed by atoms with Crippen molar-refractivity contribution < 1.29 is 17.1 Å². The molecule has 6 saturated carbocycles. The normalized spacial score (nSPS) is 41.5. The van der Waals surface area contributed by atoms with Gasteiger partial charge in [0, 0.05) is 12.1 Å². The molecular weight excluding hydrogens is 322 g/mol. The molecule has 6 aliphatic carbocycles. The molecule has 0 atom stereocenters. The van der Waals surface area contributed by atoms with Crippen LogP contribution >= 0.6 is 0 Å². The molecular formula is C21H27FeN+2. The zero-order valence-electron chi connectivity index (χ0n) is 13.7. The topological polar surface area (TPSA) is 12.0 Å². The predicted octanol–water partition coefficient (Wildman–Crippen LogP) is 3.97. The maximum atomic E-state index is 3.93. The van der Waals surface area contributed by atoms with E-state index < -0.39 is 0 Å². The second-order valence-electron chi connectivity index (χ2n) is 7.81. The molecule has 0 unspecified atom stereocenters. The molecule has 6 aliphatic rings. The fraction of sp³-hybridized carbons (Fsp3) is 0.524. The van der Waals surface area contributed by atoms with Crippen LogP contribution in [0.25, 0.3) is 0 Å². The maximum Gasteiger partial charge on any atom is 2.00 e. The summed E-state index contributed by atoms with van der Waals surface area (Å²) in [6, 6.07) is 0. The molecule has 6 fully saturated rings. The van der Waals surface area contributed by atoms with Gasteiger partial charge < -0.3 is 5.32 Å². The van der Waals surface area contributed by atoms with E-state index in [1.807, 2.05) is 32.1 Å². The van der Waals surface area contributed by atoms with Crippen molar-refractivity contribution in [2.75, 3.05) is 6.54 Å². The van der Waals surface area contributed by atoms with Crippen LogP contribution in [0.15, 0.2) is 0 Å². The van der Waals surface area contributed by atoms with Gasteiger partial charge in [0.1, 0.15) is 0 Å². The molecule has 0 aliphatic heterocycles. The van der Waals surface area contributed by atoms with Gasteiger partial charge in [0.25, 0.3) is 0 Å². The van der Waals surface area contributed by atoms with Crippen LogP contribution < -0.4 is 5.32 Å². The van der Waals surface area contributed by atoms with E-state index in [0.29, 0.717) is 5.54 Å². The Morgan fingerprint density at radius 1 is 0.739 bits per heavy atom. The van der Waals surface area contributed by atoms with E-state index in [9.17, 15) is 0 Å². The van der Waals surface area contributed by atoms with E-state index in [-0.39, 0.29) is 17.1 Å². The first-order chi connectivity index (χ1) is 10.8. The van der Waals surface area contributed by atoms with Gasteiger partial charge in [0.15, 0.2) is 0 Å². The van der Waals surface area contributed by atoms with Crippen molar-refractivity contribution in [3.63, 3.8) is 0 Å². The Morgan fingerprint density at radius 3 is 1.61 bits per heavy atom. The smallest absolute Gasteiger partial charge is 0.311 e. The minimum atomic E-state index is 0. The molecule has 0 aromatic carbocycles. The monoisotopic (exact) mass is 349 g/mol. The van der Waals surface area contributed by atoms with Gasteiger partial charge in [-0.05, 0) is 120 Å². The van der Waals surface area contributed by atoms with Crippen molar-refractivity contribution in [1.29, 1.82) is 0 Å². The molecule has 122 valence electrons. The van der Waals surface area contributed by atoms with Gasteiger partial charge >= 0.3 is 17.1 Å². The number of nitrogens with one attached hydrogen (secondary N) is 1. The Morgan fingerprint density at radius 2 is 1.17 bits per heavy atom. The predicted molar refractivity (Wildman–Crippen MR) is 90.8 cm³/mol. The van der Waals surface area contributed by atoms with E-state index in [0.717, 1.165) is 24.3 Å². The Balaban J connectivity index is 0.000000226. The summed E-state index contributed by atoms with van der Waals surface area (Å²) in [5.41, 5.74) is 0.520. The molecule has 4 bridgehead atoms. The van der Waals surface area contributed by atoms with E-state index in [1.165, 1.54) is 44.4 Å². The van der Waals surface area contributed by atoms with E-state index in [4.69, 9.17) is 0 Å². The summed E-state index contributed by atoms with van der Waals surface area (Å²) in [7, 11) is 0. The van der Waals surface area contributed by atoms with E-state index >= 15 is 0 Å². The molecule has 0 heterocycles. The molecule has 0 aromatic rings. The molecule has 10 radical (unpaired) electrons. The average molecular weight is 349 g/mol. The summed E-state index contributed by atoms with van der Waals surface area (Å²) < 4.78 is 0. The molecule has 23 heavy (non-hydrogen) atoms. The van der Waals surface area contributed by atoms with Crippen LogP contribution in [-0.2, 0) is 17.1 Å². The van der Waals surface area contributed by atoms with Crippen LogP contribution in [0.4, 0.5) is 0 Å². The molecule has 0 spiro atoms. The average Bonchev–Trinajstić information content (AvgIpc) is 3.21. The molecule has 0 aromatic heterocycles. The molecule has 2 heteroatoms. The van der Waals surface area contributed by atoms with Crippen molar-refractivity contribution in [2.24, 2.45) is 17.8 Å². The third-order valence-electron chi connectivity index (χ3n) is 5.99. The first kappa shape index (κ1) is 18.3. The zero-order valence-corrected chi connectivity index (χ0v) is 14.8. The number of hydrogen-bond acceptors (Lipinski definition) is 1. The van der Waals surface area contributed by atoms with Crippen molar-refractivity contribution in [2.45, 2.75) is 44.1 Å². The minimum absolute atomic E-state index is 0. The quantitative estimate of drug-likeness (QED) is 0.761. The van der Waals surface area contributed by atoms with Crippen LogP contribution in [-0.4, -0.2) is 12.1 Å². The van der Waals surface area contributed by atoms with Crippen LogP contribution in [0.3, 0.4) is 0 Å². The molecule has 0 saturated heterocycles. The fourth-order valence-corrected chi connectivity index (χ4v) is 5.47. The standard InChI is InChI=1S/C16H22N.C5H5.Fe/c1-2-4-12(3-1)11-17-16-8-13-5-14(9-16)7-15(6-13)10-16;1-2-4-5-3-1;/h1-4,13-15,17H,5-11H2;1-5H;/q;;+2. The minimum Gasteiger partial charge on any atom is -0.311 e. The first-order valence-corrected chi connectivity index (χ1v) is 8.94. The van der Waals surface area contributed by atoms with Gasteiger partial charge in [0.2, 0.25) is 0 Å². The van der Waals surface area contributed by atoms with E-state index in [1.54, 1.807) is 0 Å². The van der Waals surface area contributed by atoms with Gasteiger partial charge in [-0.25, -0.2) is 0 Å². The van der Waals surface area contributed by atoms with Crippen LogP contribution in [0.5, 0.6) is 0 Å². The van der Waals surface area contributed by atoms with Crippen molar-refractivity contribution in [3.8, 4) is 0 Å². The SMILES string of the molecule is [CH]1[CH][CH][CH][CH]1.[CH]1[CH][CH][C](CNC23CC4CC(CC(C4)C2)C3)[CH]1.[Fe+2]. The van der Waals surface area contributed by atoms with Crippen molar-refractivity contribution in [3.05, 3.63) is 63.7 Å². The summed E-state index contributed by atoms with van der Waals surface area (Å²) in [4.78, 5) is 0. The molecule has 1 N–H and O–H groups in total. The van der Waals surface area contributed by atoms with Gasteiger partial charge in [-0.1, -0.05) is 0 Å². The van der Waals surface area contributed by atoms with Gasteiger partial charge in [-0.2, -0.15) is 0 Å². The maximum absolute atomic E-state index is 3.93. The van der Waals surface area contributed by atoms with Gasteiger partial charge in [0.05, 0.1) is 0 Å². The molecule has 1 nitrogen and oxygen atoms in total. The zero-order chi connectivity index (χ0) is 14.8. The fourth-order valence-electron chi connectivity index (χ4n) is 5.47. The van der Waals surface area contributed by atoms with Gasteiger partial charge in [-0.15, -0.1) is 0 Å². The van der Waals surface area contributed by atoms with Gasteiger partial charge in [-0.3, -0.25) is 0 Å². The Kier molecular flexibility index (Phi) is 6.55. The summed E-state index contributed by atoms with van der Waals surface area (Å²) in [6.07, 6.45) is 27.8. The van der Waals surface area contributed by atoms with Crippen LogP contribution in [0.2, 0.25) is 0 Å². The first-order valence-electron chi connectivity index (χ1n) is 8.94. The third kappa shape index (κ3) is 4.56. The Labute approximate surface area is 154 Å². The Hall–Kier alpha value is 0.479. The molecule has 6 rings (SSSR count). The summed E-state index contributed by atoms with van der Waals surface area (Å²) in [6.45, 7) is 1.08. The largest absolute Gasteiger partial charge is 2.00 e. The van der Waals surface area contributed by atoms with Crippen LogP contribution in [0, 0.1) is 81.5 Å². The van der Waals surface area contributed by atoms with E-state index in [2.05, 4.69) is 31.0 Å². The number of rotatable bonds is 3. The summed E-state index contributed by atoms with van der Waals surface area (Å²) in [5.74, 6) is 4.61. The van der Waals surface area contributed by atoms with Crippen LogP contribution in [0.1, 0.15) is 38.5 Å². The third-order valence-corrected chi connectivity index (χ3v) is 5.99. The summed E-state index contributed by atoms with van der Waals surface area (Å²) >= 11 is 0. The second kappa shape index (κ2) is 8.24. The van der Waals surface area contributed by atoms with Crippen molar-refractivity contribution in [1.82, 2.24) is 5.32 Å². The second-order valence-corrected chi connectivity index (χ2v) is 7.81. The molecule has 0 amide bonds. The summed E-state index contributed by atoms with van der Waals surface area (Å²) in [5, 5.41) is 3.93. The van der Waals surface area contributed by atoms with Crippen molar-refractivity contribution >= 4 is 0 Å². The Bertz CT molecular complexity index is 314. The number of hydrogen-bond donors (Lipinski definition) is 1.